The van der Waals surface area contributed by atoms with Crippen LogP contribution in [0.5, 0.6) is 0 Å². The summed E-state index contributed by atoms with van der Waals surface area (Å²) in [5.74, 6) is 0.688. The van der Waals surface area contributed by atoms with E-state index in [1.807, 2.05) is 11.0 Å². The Hall–Kier alpha value is -1.51. The maximum absolute atomic E-state index is 12.5. The van der Waals surface area contributed by atoms with Gasteiger partial charge in [0.25, 0.3) is 0 Å². The highest BCUT2D eigenvalue weighted by molar-refractivity contribution is 5.75. The number of hydrogen-bond acceptors (Lipinski definition) is 1. The van der Waals surface area contributed by atoms with Gasteiger partial charge >= 0.3 is 6.03 Å². The summed E-state index contributed by atoms with van der Waals surface area (Å²) in [6.45, 7) is 7.41. The quantitative estimate of drug-likeness (QED) is 0.858. The number of hydrogen-bond donors (Lipinski definition) is 1. The smallest absolute Gasteiger partial charge is 0.318 e. The van der Waals surface area contributed by atoms with Crippen LogP contribution in [0.1, 0.15) is 58.1 Å². The van der Waals surface area contributed by atoms with Crippen LogP contribution < -0.4 is 5.32 Å². The molecule has 0 spiro atoms. The van der Waals surface area contributed by atoms with Gasteiger partial charge < -0.3 is 10.2 Å². The second kappa shape index (κ2) is 7.48. The van der Waals surface area contributed by atoms with Crippen molar-refractivity contribution < 1.29 is 4.79 Å². The number of urea groups is 1. The van der Waals surface area contributed by atoms with E-state index in [4.69, 9.17) is 0 Å². The molecule has 3 nitrogen and oxygen atoms in total. The molecule has 0 aromatic heterocycles. The number of nitrogens with zero attached hydrogens (tertiary/aromatic N) is 1. The van der Waals surface area contributed by atoms with Crippen LogP contribution in [0.2, 0.25) is 0 Å². The van der Waals surface area contributed by atoms with Gasteiger partial charge in [-0.05, 0) is 44.1 Å². The molecule has 1 aromatic carbocycles. The van der Waals surface area contributed by atoms with E-state index in [1.54, 1.807) is 0 Å². The van der Waals surface area contributed by atoms with E-state index >= 15 is 0 Å². The molecular weight excluding hydrogens is 260 g/mol. The Bertz CT molecular complexity index is 444. The lowest BCUT2D eigenvalue weighted by molar-refractivity contribution is 0.188. The first-order valence-electron chi connectivity index (χ1n) is 8.20. The molecule has 2 rings (SSSR count). The predicted octanol–water partition coefficient (Wildman–Crippen LogP) is 4.36. The summed E-state index contributed by atoms with van der Waals surface area (Å²) in [4.78, 5) is 14.5. The lowest BCUT2D eigenvalue weighted by Gasteiger charge is -2.27. The largest absolute Gasteiger partial charge is 0.336 e. The molecule has 3 heteroatoms. The second-order valence-corrected chi connectivity index (χ2v) is 6.58. The number of rotatable bonds is 5. The average molecular weight is 288 g/mol. The van der Waals surface area contributed by atoms with Crippen LogP contribution in [-0.2, 0) is 0 Å². The summed E-state index contributed by atoms with van der Waals surface area (Å²) in [6, 6.07) is 11.0. The van der Waals surface area contributed by atoms with Crippen molar-refractivity contribution in [3.05, 3.63) is 35.9 Å². The van der Waals surface area contributed by atoms with Gasteiger partial charge in [0.1, 0.15) is 0 Å². The zero-order chi connectivity index (χ0) is 15.2. The normalized spacial score (nSPS) is 19.8. The summed E-state index contributed by atoms with van der Waals surface area (Å²) in [5.41, 5.74) is 1.25. The summed E-state index contributed by atoms with van der Waals surface area (Å²) in [7, 11) is 0. The fourth-order valence-corrected chi connectivity index (χ4v) is 2.98. The van der Waals surface area contributed by atoms with Gasteiger partial charge in [-0.15, -0.1) is 0 Å². The van der Waals surface area contributed by atoms with Crippen molar-refractivity contribution in [3.63, 3.8) is 0 Å². The van der Waals surface area contributed by atoms with Crippen LogP contribution in [0.15, 0.2) is 30.3 Å². The van der Waals surface area contributed by atoms with E-state index in [2.05, 4.69) is 50.4 Å². The Morgan fingerprint density at radius 2 is 1.95 bits per heavy atom. The van der Waals surface area contributed by atoms with E-state index in [1.165, 1.54) is 5.56 Å². The molecule has 0 radical (unpaired) electrons. The first-order valence-corrected chi connectivity index (χ1v) is 8.20. The fraction of sp³-hybridized carbons (Fsp3) is 0.611. The maximum Gasteiger partial charge on any atom is 0.318 e. The number of carbonyl (C=O) groups excluding carboxylic acids is 1. The monoisotopic (exact) mass is 288 g/mol. The van der Waals surface area contributed by atoms with Crippen molar-refractivity contribution >= 4 is 6.03 Å². The Morgan fingerprint density at radius 1 is 1.24 bits per heavy atom. The van der Waals surface area contributed by atoms with Gasteiger partial charge in [-0.3, -0.25) is 0 Å². The number of amides is 2. The van der Waals surface area contributed by atoms with Gasteiger partial charge in [0.15, 0.2) is 0 Å². The minimum atomic E-state index is 0.0950. The third kappa shape index (κ3) is 4.48. The molecule has 1 heterocycles. The van der Waals surface area contributed by atoms with Crippen LogP contribution in [0.4, 0.5) is 4.79 Å². The first kappa shape index (κ1) is 15.9. The lowest BCUT2D eigenvalue weighted by Crippen LogP contribution is -2.43. The van der Waals surface area contributed by atoms with E-state index in [-0.39, 0.29) is 18.1 Å². The molecule has 1 aromatic rings. The zero-order valence-electron chi connectivity index (χ0n) is 13.5. The van der Waals surface area contributed by atoms with Gasteiger partial charge in [-0.2, -0.15) is 0 Å². The molecule has 1 N–H and O–H groups in total. The van der Waals surface area contributed by atoms with Crippen LogP contribution in [0.25, 0.3) is 0 Å². The van der Waals surface area contributed by atoms with Crippen LogP contribution in [0.3, 0.4) is 0 Å². The van der Waals surface area contributed by atoms with Gasteiger partial charge in [-0.1, -0.05) is 44.2 Å². The highest BCUT2D eigenvalue weighted by Gasteiger charge is 2.30. The molecule has 0 aliphatic carbocycles. The first-order chi connectivity index (χ1) is 10.1. The van der Waals surface area contributed by atoms with E-state index in [9.17, 15) is 4.79 Å². The number of nitrogens with one attached hydrogen (secondary N) is 1. The number of benzene rings is 1. The average Bonchev–Trinajstić information content (AvgIpc) is 2.95. The molecular formula is C18H28N2O. The van der Waals surface area contributed by atoms with Crippen LogP contribution in [0, 0.1) is 5.92 Å². The van der Waals surface area contributed by atoms with Gasteiger partial charge in [0.2, 0.25) is 0 Å². The number of carbonyl (C=O) groups is 1. The summed E-state index contributed by atoms with van der Waals surface area (Å²) in [5, 5.41) is 3.16. The molecule has 2 atom stereocenters. The molecule has 1 aliphatic rings. The minimum absolute atomic E-state index is 0.0950. The Balaban J connectivity index is 1.92. The topological polar surface area (TPSA) is 32.3 Å². The zero-order valence-corrected chi connectivity index (χ0v) is 13.5. The van der Waals surface area contributed by atoms with Gasteiger partial charge in [0, 0.05) is 12.6 Å². The Kier molecular flexibility index (Phi) is 5.66. The maximum atomic E-state index is 12.5. The SMILES string of the molecule is CC(C)CCC(C)NC(=O)N1CCCC1c1ccccc1. The highest BCUT2D eigenvalue weighted by atomic mass is 16.2. The molecule has 2 unspecified atom stereocenters. The Morgan fingerprint density at radius 3 is 2.62 bits per heavy atom. The highest BCUT2D eigenvalue weighted by Crippen LogP contribution is 2.31. The van der Waals surface area contributed by atoms with Crippen molar-refractivity contribution in [1.29, 1.82) is 0 Å². The van der Waals surface area contributed by atoms with E-state index < -0.39 is 0 Å². The van der Waals surface area contributed by atoms with Crippen molar-refractivity contribution in [3.8, 4) is 0 Å². The van der Waals surface area contributed by atoms with Crippen molar-refractivity contribution in [2.24, 2.45) is 5.92 Å². The summed E-state index contributed by atoms with van der Waals surface area (Å²) < 4.78 is 0. The summed E-state index contributed by atoms with van der Waals surface area (Å²) in [6.07, 6.45) is 4.36. The van der Waals surface area contributed by atoms with Gasteiger partial charge in [-0.25, -0.2) is 4.79 Å². The minimum Gasteiger partial charge on any atom is -0.336 e. The van der Waals surface area contributed by atoms with Crippen LogP contribution >= 0.6 is 0 Å². The van der Waals surface area contributed by atoms with E-state index in [0.29, 0.717) is 5.92 Å². The molecule has 1 aliphatic heterocycles. The van der Waals surface area contributed by atoms with Crippen molar-refractivity contribution in [2.45, 2.75) is 58.5 Å². The van der Waals surface area contributed by atoms with Crippen molar-refractivity contribution in [1.82, 2.24) is 10.2 Å². The van der Waals surface area contributed by atoms with Gasteiger partial charge in [0.05, 0.1) is 6.04 Å². The third-order valence-corrected chi connectivity index (χ3v) is 4.24. The molecule has 0 bridgehead atoms. The Labute approximate surface area is 128 Å². The lowest BCUT2D eigenvalue weighted by atomic mass is 10.0. The standard InChI is InChI=1S/C18H28N2O/c1-14(2)11-12-15(3)19-18(21)20-13-7-10-17(20)16-8-5-4-6-9-16/h4-6,8-9,14-15,17H,7,10-13H2,1-3H3,(H,19,21). The molecule has 2 amide bonds. The predicted molar refractivity (Wildman–Crippen MR) is 87.2 cm³/mol. The fourth-order valence-electron chi connectivity index (χ4n) is 2.98. The third-order valence-electron chi connectivity index (χ3n) is 4.24. The van der Waals surface area contributed by atoms with Crippen LogP contribution in [-0.4, -0.2) is 23.5 Å². The van der Waals surface area contributed by atoms with E-state index in [0.717, 1.165) is 32.2 Å². The molecule has 1 fully saturated rings. The summed E-state index contributed by atoms with van der Waals surface area (Å²) >= 11 is 0. The second-order valence-electron chi connectivity index (χ2n) is 6.58. The molecule has 0 saturated carbocycles. The molecule has 116 valence electrons. The number of likely N-dealkylation sites (tertiary alicyclic amines) is 1. The molecule has 21 heavy (non-hydrogen) atoms. The van der Waals surface area contributed by atoms with Crippen molar-refractivity contribution in [2.75, 3.05) is 6.54 Å². The molecule has 1 saturated heterocycles.